The summed E-state index contributed by atoms with van der Waals surface area (Å²) in [7, 11) is 0. The van der Waals surface area contributed by atoms with Crippen LogP contribution in [0.25, 0.3) is 0 Å². The SMILES string of the molecule is CC1C(C(=O)Cl)=NN(c2ccc(Cl)cc2Cl)C1c1ccccc1. The molecule has 0 fully saturated rings. The smallest absolute Gasteiger partial charge is 0.268 e. The molecule has 6 heteroatoms. The van der Waals surface area contributed by atoms with Crippen LogP contribution in [-0.2, 0) is 4.79 Å². The number of hydrogen-bond acceptors (Lipinski definition) is 3. The lowest BCUT2D eigenvalue weighted by molar-refractivity contribution is -0.106. The van der Waals surface area contributed by atoms with E-state index in [4.69, 9.17) is 34.8 Å². The van der Waals surface area contributed by atoms with Crippen molar-refractivity contribution in [2.45, 2.75) is 13.0 Å². The van der Waals surface area contributed by atoms with Crippen molar-refractivity contribution in [3.8, 4) is 0 Å². The zero-order chi connectivity index (χ0) is 16.6. The van der Waals surface area contributed by atoms with Crippen molar-refractivity contribution in [1.29, 1.82) is 0 Å². The van der Waals surface area contributed by atoms with E-state index in [1.807, 2.05) is 37.3 Å². The van der Waals surface area contributed by atoms with Gasteiger partial charge in [-0.15, -0.1) is 0 Å². The molecule has 1 aliphatic heterocycles. The Morgan fingerprint density at radius 3 is 2.43 bits per heavy atom. The van der Waals surface area contributed by atoms with Crippen LogP contribution in [0.5, 0.6) is 0 Å². The number of carbonyl (C=O) groups is 1. The highest BCUT2D eigenvalue weighted by atomic mass is 35.5. The van der Waals surface area contributed by atoms with Crippen molar-refractivity contribution in [3.63, 3.8) is 0 Å². The largest absolute Gasteiger partial charge is 0.274 e. The van der Waals surface area contributed by atoms with Gasteiger partial charge in [-0.2, -0.15) is 5.10 Å². The standard InChI is InChI=1S/C17H13Cl3N2O/c1-10-15(17(20)23)21-22(14-8-7-12(18)9-13(14)19)16(10)11-5-3-2-4-6-11/h2-10,16H,1H3. The molecule has 2 aromatic rings. The Labute approximate surface area is 149 Å². The summed E-state index contributed by atoms with van der Waals surface area (Å²) in [6, 6.07) is 14.9. The molecule has 2 unspecified atom stereocenters. The Hall–Kier alpha value is -1.55. The Bertz CT molecular complexity index is 777. The fourth-order valence-electron chi connectivity index (χ4n) is 2.80. The molecule has 0 aliphatic carbocycles. The van der Waals surface area contributed by atoms with Crippen LogP contribution in [0, 0.1) is 5.92 Å². The Morgan fingerprint density at radius 1 is 1.13 bits per heavy atom. The maximum absolute atomic E-state index is 11.7. The molecule has 23 heavy (non-hydrogen) atoms. The van der Waals surface area contributed by atoms with Gasteiger partial charge in [0.2, 0.25) is 0 Å². The van der Waals surface area contributed by atoms with Gasteiger partial charge in [0.05, 0.1) is 16.8 Å². The Morgan fingerprint density at radius 2 is 1.83 bits per heavy atom. The molecule has 2 atom stereocenters. The lowest BCUT2D eigenvalue weighted by Crippen LogP contribution is -2.25. The third-order valence-electron chi connectivity index (χ3n) is 3.88. The van der Waals surface area contributed by atoms with Crippen LogP contribution in [0.2, 0.25) is 10.0 Å². The van der Waals surface area contributed by atoms with Gasteiger partial charge < -0.3 is 0 Å². The second kappa shape index (κ2) is 6.52. The predicted molar refractivity (Wildman–Crippen MR) is 95.6 cm³/mol. The third-order valence-corrected chi connectivity index (χ3v) is 4.61. The van der Waals surface area contributed by atoms with Gasteiger partial charge in [-0.25, -0.2) is 0 Å². The molecule has 0 aromatic heterocycles. The van der Waals surface area contributed by atoms with Crippen molar-refractivity contribution in [2.24, 2.45) is 11.0 Å². The fraction of sp³-hybridized carbons (Fsp3) is 0.176. The second-order valence-electron chi connectivity index (χ2n) is 5.34. The van der Waals surface area contributed by atoms with Gasteiger partial charge in [0, 0.05) is 10.9 Å². The van der Waals surface area contributed by atoms with E-state index in [-0.39, 0.29) is 12.0 Å². The Balaban J connectivity index is 2.11. The van der Waals surface area contributed by atoms with E-state index in [2.05, 4.69) is 5.10 Å². The van der Waals surface area contributed by atoms with Crippen LogP contribution < -0.4 is 5.01 Å². The number of rotatable bonds is 3. The van der Waals surface area contributed by atoms with E-state index in [1.54, 1.807) is 23.2 Å². The molecule has 3 rings (SSSR count). The van der Waals surface area contributed by atoms with E-state index in [0.29, 0.717) is 21.4 Å². The molecule has 0 amide bonds. The molecule has 0 N–H and O–H groups in total. The van der Waals surface area contributed by atoms with Crippen LogP contribution in [0.4, 0.5) is 5.69 Å². The van der Waals surface area contributed by atoms with Crippen LogP contribution in [-0.4, -0.2) is 11.0 Å². The molecule has 3 nitrogen and oxygen atoms in total. The number of halogens is 3. The highest BCUT2D eigenvalue weighted by Crippen LogP contribution is 2.42. The zero-order valence-corrected chi connectivity index (χ0v) is 14.5. The van der Waals surface area contributed by atoms with Crippen molar-refractivity contribution < 1.29 is 4.79 Å². The number of nitrogens with zero attached hydrogens (tertiary/aromatic N) is 2. The first-order valence-corrected chi connectivity index (χ1v) is 8.20. The van der Waals surface area contributed by atoms with Crippen molar-refractivity contribution in [3.05, 3.63) is 64.1 Å². The molecule has 2 aromatic carbocycles. The second-order valence-corrected chi connectivity index (χ2v) is 6.53. The minimum atomic E-state index is -0.550. The quantitative estimate of drug-likeness (QED) is 0.688. The van der Waals surface area contributed by atoms with Crippen molar-refractivity contribution >= 4 is 51.4 Å². The summed E-state index contributed by atoms with van der Waals surface area (Å²) in [5.74, 6) is -0.158. The summed E-state index contributed by atoms with van der Waals surface area (Å²) in [6.07, 6.45) is 0. The van der Waals surface area contributed by atoms with Crippen LogP contribution >= 0.6 is 34.8 Å². The lowest BCUT2D eigenvalue weighted by Gasteiger charge is -2.27. The molecular weight excluding hydrogens is 355 g/mol. The monoisotopic (exact) mass is 366 g/mol. The van der Waals surface area contributed by atoms with Crippen LogP contribution in [0.3, 0.4) is 0 Å². The van der Waals surface area contributed by atoms with E-state index in [0.717, 1.165) is 5.56 Å². The number of hydrazone groups is 1. The topological polar surface area (TPSA) is 32.7 Å². The molecule has 0 bridgehead atoms. The predicted octanol–water partition coefficient (Wildman–Crippen LogP) is 5.31. The molecule has 0 saturated carbocycles. The summed E-state index contributed by atoms with van der Waals surface area (Å²) in [4.78, 5) is 11.7. The average molecular weight is 368 g/mol. The molecule has 0 saturated heterocycles. The minimum Gasteiger partial charge on any atom is -0.274 e. The van der Waals surface area contributed by atoms with E-state index < -0.39 is 5.24 Å². The number of benzene rings is 2. The Kier molecular flexibility index (Phi) is 4.62. The maximum atomic E-state index is 11.7. The minimum absolute atomic E-state index is 0.158. The molecule has 0 spiro atoms. The number of carbonyl (C=O) groups excluding carboxylic acids is 1. The molecule has 0 radical (unpaired) electrons. The summed E-state index contributed by atoms with van der Waals surface area (Å²) in [6.45, 7) is 1.93. The molecular formula is C17H13Cl3N2O. The van der Waals surface area contributed by atoms with E-state index in [1.165, 1.54) is 0 Å². The summed E-state index contributed by atoms with van der Waals surface area (Å²) in [5.41, 5.74) is 2.04. The molecule has 1 heterocycles. The van der Waals surface area contributed by atoms with Crippen LogP contribution in [0.15, 0.2) is 53.6 Å². The first-order chi connectivity index (χ1) is 11.0. The van der Waals surface area contributed by atoms with Crippen molar-refractivity contribution in [1.82, 2.24) is 0 Å². The highest BCUT2D eigenvalue weighted by Gasteiger charge is 2.39. The molecule has 1 aliphatic rings. The first kappa shape index (κ1) is 16.3. The van der Waals surface area contributed by atoms with Gasteiger partial charge in [0.25, 0.3) is 5.24 Å². The lowest BCUT2D eigenvalue weighted by atomic mass is 9.92. The van der Waals surface area contributed by atoms with Crippen molar-refractivity contribution in [2.75, 3.05) is 5.01 Å². The van der Waals surface area contributed by atoms with Gasteiger partial charge in [0.15, 0.2) is 0 Å². The normalized spacial score (nSPS) is 20.5. The van der Waals surface area contributed by atoms with E-state index in [9.17, 15) is 4.79 Å². The summed E-state index contributed by atoms with van der Waals surface area (Å²) >= 11 is 18.0. The van der Waals surface area contributed by atoms with Gasteiger partial charge in [-0.05, 0) is 35.4 Å². The van der Waals surface area contributed by atoms with Gasteiger partial charge in [-0.1, -0.05) is 60.5 Å². The maximum Gasteiger partial charge on any atom is 0.268 e. The van der Waals surface area contributed by atoms with Gasteiger partial charge in [-0.3, -0.25) is 9.80 Å². The fourth-order valence-corrected chi connectivity index (χ4v) is 3.50. The highest BCUT2D eigenvalue weighted by molar-refractivity contribution is 6.82. The first-order valence-electron chi connectivity index (χ1n) is 7.06. The van der Waals surface area contributed by atoms with E-state index >= 15 is 0 Å². The number of anilines is 1. The summed E-state index contributed by atoms with van der Waals surface area (Å²) in [5, 5.41) is 6.63. The number of hydrogen-bond donors (Lipinski definition) is 0. The van der Waals surface area contributed by atoms with Gasteiger partial charge >= 0.3 is 0 Å². The average Bonchev–Trinajstić information content (AvgIpc) is 2.85. The third kappa shape index (κ3) is 3.09. The summed E-state index contributed by atoms with van der Waals surface area (Å²) < 4.78 is 0. The van der Waals surface area contributed by atoms with Crippen LogP contribution in [0.1, 0.15) is 18.5 Å². The molecule has 118 valence electrons. The van der Waals surface area contributed by atoms with Gasteiger partial charge in [0.1, 0.15) is 5.71 Å². The zero-order valence-electron chi connectivity index (χ0n) is 12.2.